The Hall–Kier alpha value is -2.05. The van der Waals surface area contributed by atoms with Gasteiger partial charge in [-0.05, 0) is 30.2 Å². The van der Waals surface area contributed by atoms with Crippen LogP contribution in [0.15, 0.2) is 59.1 Å². The van der Waals surface area contributed by atoms with Crippen LogP contribution in [-0.2, 0) is 0 Å². The molecule has 0 aliphatic carbocycles. The molecule has 0 fully saturated rings. The fourth-order valence-electron chi connectivity index (χ4n) is 2.46. The zero-order valence-corrected chi connectivity index (χ0v) is 15.5. The lowest BCUT2D eigenvalue weighted by molar-refractivity contribution is 0.102. The summed E-state index contributed by atoms with van der Waals surface area (Å²) in [6, 6.07) is 17.5. The van der Waals surface area contributed by atoms with E-state index in [0.717, 1.165) is 15.9 Å². The van der Waals surface area contributed by atoms with Crippen molar-refractivity contribution in [3.05, 3.63) is 75.2 Å². The van der Waals surface area contributed by atoms with Crippen LogP contribution in [0.4, 0.5) is 5.13 Å². The number of hydrogen-bond donors (Lipinski definition) is 1. The predicted molar refractivity (Wildman–Crippen MR) is 101 cm³/mol. The van der Waals surface area contributed by atoms with Gasteiger partial charge >= 0.3 is 0 Å². The molecule has 24 heavy (non-hydrogen) atoms. The van der Waals surface area contributed by atoms with E-state index in [9.17, 15) is 4.79 Å². The number of aromatic nitrogens is 2. The lowest BCUT2D eigenvalue weighted by atomic mass is 9.97. The standard InChI is InChI=1S/C18H16BrN3OS/c1-2-15(12-7-4-3-5-8-12)17-21-22-18(24-17)20-16(23)13-9-6-10-14(19)11-13/h3-11,15H,2H2,1H3,(H,20,22,23)/t15-/m1/s1. The maximum Gasteiger partial charge on any atom is 0.257 e. The largest absolute Gasteiger partial charge is 0.296 e. The van der Waals surface area contributed by atoms with Crippen LogP contribution in [0.25, 0.3) is 0 Å². The Balaban J connectivity index is 1.77. The summed E-state index contributed by atoms with van der Waals surface area (Å²) in [6.07, 6.45) is 0.929. The molecular weight excluding hydrogens is 386 g/mol. The summed E-state index contributed by atoms with van der Waals surface area (Å²) in [6.45, 7) is 2.12. The molecule has 6 heteroatoms. The van der Waals surface area contributed by atoms with E-state index >= 15 is 0 Å². The number of carbonyl (C=O) groups is 1. The molecule has 0 bridgehead atoms. The van der Waals surface area contributed by atoms with Crippen molar-refractivity contribution in [3.63, 3.8) is 0 Å². The summed E-state index contributed by atoms with van der Waals surface area (Å²) >= 11 is 4.79. The van der Waals surface area contributed by atoms with Gasteiger partial charge in [0.2, 0.25) is 5.13 Å². The monoisotopic (exact) mass is 401 g/mol. The van der Waals surface area contributed by atoms with Crippen molar-refractivity contribution in [1.82, 2.24) is 10.2 Å². The van der Waals surface area contributed by atoms with Crippen molar-refractivity contribution < 1.29 is 4.79 Å². The lowest BCUT2D eigenvalue weighted by Gasteiger charge is -2.11. The zero-order chi connectivity index (χ0) is 16.9. The van der Waals surface area contributed by atoms with Gasteiger partial charge < -0.3 is 0 Å². The molecule has 3 aromatic rings. The Kier molecular flexibility index (Phi) is 5.37. The van der Waals surface area contributed by atoms with Crippen molar-refractivity contribution in [2.45, 2.75) is 19.3 Å². The molecule has 0 saturated heterocycles. The van der Waals surface area contributed by atoms with E-state index in [0.29, 0.717) is 10.7 Å². The minimum atomic E-state index is -0.188. The number of rotatable bonds is 5. The zero-order valence-electron chi connectivity index (χ0n) is 13.1. The van der Waals surface area contributed by atoms with Crippen LogP contribution in [-0.4, -0.2) is 16.1 Å². The van der Waals surface area contributed by atoms with Crippen LogP contribution in [0.3, 0.4) is 0 Å². The summed E-state index contributed by atoms with van der Waals surface area (Å²) in [5, 5.41) is 12.6. The van der Waals surface area contributed by atoms with E-state index in [4.69, 9.17) is 0 Å². The summed E-state index contributed by atoms with van der Waals surface area (Å²) in [5.74, 6) is 0.00646. The van der Waals surface area contributed by atoms with Gasteiger partial charge in [-0.25, -0.2) is 0 Å². The smallest absolute Gasteiger partial charge is 0.257 e. The van der Waals surface area contributed by atoms with Crippen LogP contribution < -0.4 is 5.32 Å². The molecule has 1 N–H and O–H groups in total. The molecule has 0 radical (unpaired) electrons. The quantitative estimate of drug-likeness (QED) is 0.647. The Morgan fingerprint density at radius 3 is 2.67 bits per heavy atom. The minimum absolute atomic E-state index is 0.188. The topological polar surface area (TPSA) is 54.9 Å². The minimum Gasteiger partial charge on any atom is -0.296 e. The summed E-state index contributed by atoms with van der Waals surface area (Å²) in [5.41, 5.74) is 1.79. The number of nitrogens with one attached hydrogen (secondary N) is 1. The Morgan fingerprint density at radius 1 is 1.17 bits per heavy atom. The number of carbonyl (C=O) groups excluding carboxylic acids is 1. The molecule has 1 aromatic heterocycles. The predicted octanol–water partition coefficient (Wildman–Crippen LogP) is 5.09. The first kappa shape index (κ1) is 16.8. The highest BCUT2D eigenvalue weighted by atomic mass is 79.9. The molecule has 1 heterocycles. The summed E-state index contributed by atoms with van der Waals surface area (Å²) < 4.78 is 0.864. The van der Waals surface area contributed by atoms with Gasteiger partial charge in [0.15, 0.2) is 0 Å². The second kappa shape index (κ2) is 7.68. The second-order valence-corrected chi connectivity index (χ2v) is 7.21. The molecule has 1 amide bonds. The van der Waals surface area contributed by atoms with E-state index in [1.165, 1.54) is 16.9 Å². The third-order valence-electron chi connectivity index (χ3n) is 3.66. The van der Waals surface area contributed by atoms with E-state index in [-0.39, 0.29) is 11.8 Å². The van der Waals surface area contributed by atoms with Crippen molar-refractivity contribution in [2.75, 3.05) is 5.32 Å². The van der Waals surface area contributed by atoms with Crippen molar-refractivity contribution >= 4 is 38.3 Å². The first-order valence-corrected chi connectivity index (χ1v) is 9.23. The highest BCUT2D eigenvalue weighted by Crippen LogP contribution is 2.31. The van der Waals surface area contributed by atoms with E-state index in [1.807, 2.05) is 30.3 Å². The number of halogens is 1. The van der Waals surface area contributed by atoms with Gasteiger partial charge in [0.05, 0.1) is 0 Å². The van der Waals surface area contributed by atoms with Crippen molar-refractivity contribution in [2.24, 2.45) is 0 Å². The Labute approximate surface area is 153 Å². The average molecular weight is 402 g/mol. The first-order valence-electron chi connectivity index (χ1n) is 7.62. The normalized spacial score (nSPS) is 11.9. The van der Waals surface area contributed by atoms with Crippen LogP contribution in [0.2, 0.25) is 0 Å². The maximum absolute atomic E-state index is 12.3. The highest BCUT2D eigenvalue weighted by molar-refractivity contribution is 9.10. The molecule has 0 aliphatic heterocycles. The SMILES string of the molecule is CC[C@H](c1ccccc1)c1nnc(NC(=O)c2cccc(Br)c2)s1. The summed E-state index contributed by atoms with van der Waals surface area (Å²) in [7, 11) is 0. The highest BCUT2D eigenvalue weighted by Gasteiger charge is 2.18. The van der Waals surface area contributed by atoms with Crippen LogP contribution in [0.5, 0.6) is 0 Å². The number of amides is 1. The van der Waals surface area contributed by atoms with Crippen LogP contribution >= 0.6 is 27.3 Å². The number of nitrogens with zero attached hydrogens (tertiary/aromatic N) is 2. The van der Waals surface area contributed by atoms with Gasteiger partial charge in [-0.2, -0.15) is 0 Å². The third kappa shape index (κ3) is 3.88. The molecule has 122 valence electrons. The van der Waals surface area contributed by atoms with E-state index in [2.05, 4.69) is 50.5 Å². The molecule has 0 unspecified atom stereocenters. The van der Waals surface area contributed by atoms with Crippen LogP contribution in [0.1, 0.15) is 40.2 Å². The maximum atomic E-state index is 12.3. The molecule has 4 nitrogen and oxygen atoms in total. The molecular formula is C18H16BrN3OS. The number of anilines is 1. The molecule has 0 saturated carbocycles. The fourth-order valence-corrected chi connectivity index (χ4v) is 3.81. The van der Waals surface area contributed by atoms with Crippen molar-refractivity contribution in [3.8, 4) is 0 Å². The van der Waals surface area contributed by atoms with Crippen LogP contribution in [0, 0.1) is 0 Å². The van der Waals surface area contributed by atoms with Gasteiger partial charge in [-0.3, -0.25) is 10.1 Å². The molecule has 1 atom stereocenters. The third-order valence-corrected chi connectivity index (χ3v) is 5.10. The molecule has 2 aromatic carbocycles. The van der Waals surface area contributed by atoms with E-state index < -0.39 is 0 Å². The van der Waals surface area contributed by atoms with Gasteiger partial charge in [0.25, 0.3) is 5.91 Å². The van der Waals surface area contributed by atoms with Gasteiger partial charge in [0, 0.05) is 16.0 Å². The van der Waals surface area contributed by atoms with Gasteiger partial charge in [-0.1, -0.05) is 70.6 Å². The fraction of sp³-hybridized carbons (Fsp3) is 0.167. The summed E-state index contributed by atoms with van der Waals surface area (Å²) in [4.78, 5) is 12.3. The number of hydrogen-bond acceptors (Lipinski definition) is 4. The number of benzene rings is 2. The molecule has 3 rings (SSSR count). The Morgan fingerprint density at radius 2 is 1.96 bits per heavy atom. The molecule has 0 aliphatic rings. The first-order chi connectivity index (χ1) is 11.7. The second-order valence-electron chi connectivity index (χ2n) is 5.28. The lowest BCUT2D eigenvalue weighted by Crippen LogP contribution is -2.11. The molecule has 0 spiro atoms. The van der Waals surface area contributed by atoms with Crippen molar-refractivity contribution in [1.29, 1.82) is 0 Å². The average Bonchev–Trinajstić information content (AvgIpc) is 3.04. The van der Waals surface area contributed by atoms with E-state index in [1.54, 1.807) is 12.1 Å². The van der Waals surface area contributed by atoms with Gasteiger partial charge in [0.1, 0.15) is 5.01 Å². The van der Waals surface area contributed by atoms with Gasteiger partial charge in [-0.15, -0.1) is 10.2 Å². The Bertz CT molecular complexity index is 835.